The van der Waals surface area contributed by atoms with Gasteiger partial charge in [-0.25, -0.2) is 5.48 Å². The highest BCUT2D eigenvalue weighted by atomic mass is 16.5. The highest BCUT2D eigenvalue weighted by molar-refractivity contribution is 5.93. The molecule has 0 aromatic carbocycles. The summed E-state index contributed by atoms with van der Waals surface area (Å²) in [6, 6.07) is 2.82. The average Bonchev–Trinajstić information content (AvgIpc) is 2.45. The van der Waals surface area contributed by atoms with Crippen molar-refractivity contribution in [2.45, 2.75) is 25.8 Å². The Bertz CT molecular complexity index is 491. The third-order valence-corrected chi connectivity index (χ3v) is 2.87. The zero-order valence-electron chi connectivity index (χ0n) is 12.6. The second-order valence-corrected chi connectivity index (χ2v) is 5.06. The molecule has 3 N–H and O–H groups in total. The van der Waals surface area contributed by atoms with Crippen LogP contribution >= 0.6 is 0 Å². The largest absolute Gasteiger partial charge is 0.347 e. The number of nitrogens with one attached hydrogen (secondary N) is 2. The zero-order chi connectivity index (χ0) is 15.8. The van der Waals surface area contributed by atoms with Crippen molar-refractivity contribution in [1.82, 2.24) is 20.7 Å². The van der Waals surface area contributed by atoms with Crippen molar-refractivity contribution in [1.29, 1.82) is 0 Å². The smallest absolute Gasteiger partial charge is 0.274 e. The highest BCUT2D eigenvalue weighted by Gasteiger charge is 2.17. The van der Waals surface area contributed by atoms with Gasteiger partial charge in [0.1, 0.15) is 0 Å². The van der Waals surface area contributed by atoms with E-state index in [2.05, 4.69) is 10.3 Å². The fraction of sp³-hybridized carbons (Fsp3) is 0.500. The Kier molecular flexibility index (Phi) is 6.77. The quantitative estimate of drug-likeness (QED) is 0.509. The van der Waals surface area contributed by atoms with Gasteiger partial charge in [-0.15, -0.1) is 0 Å². The van der Waals surface area contributed by atoms with Gasteiger partial charge < -0.3 is 10.2 Å². The predicted molar refractivity (Wildman–Crippen MR) is 77.8 cm³/mol. The van der Waals surface area contributed by atoms with Crippen LogP contribution < -0.4 is 10.8 Å². The van der Waals surface area contributed by atoms with Gasteiger partial charge in [-0.1, -0.05) is 13.3 Å². The van der Waals surface area contributed by atoms with Crippen LogP contribution in [0.25, 0.3) is 0 Å². The normalized spacial score (nSPS) is 12.0. The maximum absolute atomic E-state index is 11.9. The number of pyridine rings is 1. The molecule has 1 unspecified atom stereocenters. The fourth-order valence-corrected chi connectivity index (χ4v) is 1.95. The molecule has 0 aliphatic carbocycles. The van der Waals surface area contributed by atoms with E-state index in [1.54, 1.807) is 16.4 Å². The lowest BCUT2D eigenvalue weighted by Crippen LogP contribution is -2.36. The van der Waals surface area contributed by atoms with Crippen LogP contribution in [0.5, 0.6) is 0 Å². The summed E-state index contributed by atoms with van der Waals surface area (Å²) < 4.78 is 0. The molecule has 2 amide bonds. The molecular weight excluding hydrogens is 272 g/mol. The molecule has 7 nitrogen and oxygen atoms in total. The molecule has 0 saturated heterocycles. The van der Waals surface area contributed by atoms with Crippen molar-refractivity contribution >= 4 is 11.8 Å². The lowest BCUT2D eigenvalue weighted by molar-refractivity contribution is -0.122. The first-order chi connectivity index (χ1) is 9.97. The first kappa shape index (κ1) is 17.1. The Morgan fingerprint density at radius 1 is 1.43 bits per heavy atom. The predicted octanol–water partition coefficient (Wildman–Crippen LogP) is 0.720. The maximum Gasteiger partial charge on any atom is 0.274 e. The molecule has 21 heavy (non-hydrogen) atoms. The van der Waals surface area contributed by atoms with Gasteiger partial charge in [0, 0.05) is 11.8 Å². The van der Waals surface area contributed by atoms with Gasteiger partial charge in [-0.3, -0.25) is 19.8 Å². The van der Waals surface area contributed by atoms with Gasteiger partial charge in [0.25, 0.3) is 5.91 Å². The van der Waals surface area contributed by atoms with Crippen molar-refractivity contribution in [3.05, 3.63) is 29.6 Å². The number of hydrogen-bond donors (Lipinski definition) is 3. The summed E-state index contributed by atoms with van der Waals surface area (Å²) in [4.78, 5) is 29.3. The van der Waals surface area contributed by atoms with E-state index in [1.165, 1.54) is 12.3 Å². The van der Waals surface area contributed by atoms with Crippen molar-refractivity contribution in [3.63, 3.8) is 0 Å². The summed E-state index contributed by atoms with van der Waals surface area (Å²) in [6.07, 6.45) is 3.07. The molecular formula is C14H22N4O3. The summed E-state index contributed by atoms with van der Waals surface area (Å²) >= 11 is 0. The molecule has 116 valence electrons. The van der Waals surface area contributed by atoms with E-state index < -0.39 is 5.91 Å². The van der Waals surface area contributed by atoms with Crippen molar-refractivity contribution in [3.8, 4) is 0 Å². The van der Waals surface area contributed by atoms with E-state index in [0.29, 0.717) is 11.3 Å². The summed E-state index contributed by atoms with van der Waals surface area (Å²) in [5, 5.41) is 11.6. The lowest BCUT2D eigenvalue weighted by atomic mass is 10.1. The molecule has 1 aromatic rings. The van der Waals surface area contributed by atoms with Gasteiger partial charge in [-0.05, 0) is 32.6 Å². The summed E-state index contributed by atoms with van der Waals surface area (Å²) in [5.74, 6) is -0.703. The third-order valence-electron chi connectivity index (χ3n) is 2.87. The number of carbonyl (C=O) groups is 2. The SMILES string of the molecule is CCCC(NC(=O)CN(C)C)c1cc(C(=O)NO)ccn1. The maximum atomic E-state index is 11.9. The van der Waals surface area contributed by atoms with Gasteiger partial charge in [0.05, 0.1) is 18.3 Å². The monoisotopic (exact) mass is 294 g/mol. The number of carbonyl (C=O) groups excluding carboxylic acids is 2. The minimum Gasteiger partial charge on any atom is -0.347 e. The Balaban J connectivity index is 2.89. The van der Waals surface area contributed by atoms with Gasteiger partial charge in [0.15, 0.2) is 0 Å². The minimum atomic E-state index is -0.603. The molecule has 1 aromatic heterocycles. The Hall–Kier alpha value is -1.99. The van der Waals surface area contributed by atoms with Crippen LogP contribution in [0.4, 0.5) is 0 Å². The molecule has 7 heteroatoms. The Labute approximate surface area is 124 Å². The fourth-order valence-electron chi connectivity index (χ4n) is 1.95. The molecule has 0 fully saturated rings. The number of hydroxylamine groups is 1. The van der Waals surface area contributed by atoms with Gasteiger partial charge >= 0.3 is 0 Å². The van der Waals surface area contributed by atoms with Gasteiger partial charge in [0.2, 0.25) is 5.91 Å². The number of nitrogens with zero attached hydrogens (tertiary/aromatic N) is 2. The van der Waals surface area contributed by atoms with Crippen molar-refractivity contribution in [2.24, 2.45) is 0 Å². The number of amides is 2. The standard InChI is InChI=1S/C14H22N4O3/c1-4-5-11(16-13(19)9-18(2)3)12-8-10(6-7-15-12)14(20)17-21/h6-8,11,21H,4-5,9H2,1-3H3,(H,16,19)(H,17,20). The Morgan fingerprint density at radius 3 is 2.71 bits per heavy atom. The van der Waals surface area contributed by atoms with E-state index in [4.69, 9.17) is 5.21 Å². The molecule has 0 bridgehead atoms. The Morgan fingerprint density at radius 2 is 2.14 bits per heavy atom. The number of rotatable bonds is 7. The summed E-state index contributed by atoms with van der Waals surface area (Å²) in [6.45, 7) is 2.30. The van der Waals surface area contributed by atoms with E-state index >= 15 is 0 Å². The van der Waals surface area contributed by atoms with Crippen LogP contribution in [0.2, 0.25) is 0 Å². The van der Waals surface area contributed by atoms with Crippen LogP contribution in [0.1, 0.15) is 41.9 Å². The van der Waals surface area contributed by atoms with Crippen LogP contribution in [-0.2, 0) is 4.79 Å². The molecule has 0 radical (unpaired) electrons. The van der Waals surface area contributed by atoms with Crippen LogP contribution in [0, 0.1) is 0 Å². The first-order valence-corrected chi connectivity index (χ1v) is 6.82. The zero-order valence-corrected chi connectivity index (χ0v) is 12.6. The second kappa shape index (κ2) is 8.33. The molecule has 1 rings (SSSR count). The lowest BCUT2D eigenvalue weighted by Gasteiger charge is -2.19. The van der Waals surface area contributed by atoms with Crippen molar-refractivity contribution < 1.29 is 14.8 Å². The van der Waals surface area contributed by atoms with Crippen LogP contribution in [0.3, 0.4) is 0 Å². The molecule has 0 spiro atoms. The highest BCUT2D eigenvalue weighted by Crippen LogP contribution is 2.17. The topological polar surface area (TPSA) is 94.6 Å². The van der Waals surface area contributed by atoms with Crippen LogP contribution in [0.15, 0.2) is 18.3 Å². The summed E-state index contributed by atoms with van der Waals surface area (Å²) in [5.41, 5.74) is 2.48. The number of likely N-dealkylation sites (N-methyl/N-ethyl adjacent to an activating group) is 1. The number of aromatic nitrogens is 1. The summed E-state index contributed by atoms with van der Waals surface area (Å²) in [7, 11) is 3.64. The van der Waals surface area contributed by atoms with Crippen molar-refractivity contribution in [2.75, 3.05) is 20.6 Å². The molecule has 1 atom stereocenters. The van der Waals surface area contributed by atoms with Gasteiger partial charge in [-0.2, -0.15) is 0 Å². The second-order valence-electron chi connectivity index (χ2n) is 5.06. The first-order valence-electron chi connectivity index (χ1n) is 6.82. The van der Waals surface area contributed by atoms with E-state index in [-0.39, 0.29) is 18.5 Å². The molecule has 0 aliphatic heterocycles. The number of hydrogen-bond acceptors (Lipinski definition) is 5. The minimum absolute atomic E-state index is 0.0998. The van der Waals surface area contributed by atoms with Crippen LogP contribution in [-0.4, -0.2) is 47.5 Å². The third kappa shape index (κ3) is 5.49. The molecule has 0 saturated carbocycles. The molecule has 0 aliphatic rings. The van der Waals surface area contributed by atoms with E-state index in [1.807, 2.05) is 21.0 Å². The average molecular weight is 294 g/mol. The van der Waals surface area contributed by atoms with E-state index in [9.17, 15) is 9.59 Å². The molecule has 1 heterocycles. The van der Waals surface area contributed by atoms with E-state index in [0.717, 1.165) is 12.8 Å².